The van der Waals surface area contributed by atoms with Crippen LogP contribution in [0.15, 0.2) is 89.7 Å². The van der Waals surface area contributed by atoms with Crippen LogP contribution in [0.2, 0.25) is 0 Å². The van der Waals surface area contributed by atoms with Gasteiger partial charge in [0.25, 0.3) is 17.4 Å². The summed E-state index contributed by atoms with van der Waals surface area (Å²) in [5, 5.41) is 0.601. The zero-order valence-electron chi connectivity index (χ0n) is 18.9. The predicted octanol–water partition coefficient (Wildman–Crippen LogP) is 2.07. The molecule has 4 aromatic rings. The summed E-state index contributed by atoms with van der Waals surface area (Å²) >= 11 is 0. The maximum atomic E-state index is 13.1. The number of imide groups is 1. The number of nitrogens with zero attached hydrogens (tertiary/aromatic N) is 3. The highest BCUT2D eigenvalue weighted by Crippen LogP contribution is 2.22. The van der Waals surface area contributed by atoms with Crippen LogP contribution in [-0.4, -0.2) is 33.0 Å². The molecule has 0 saturated heterocycles. The third-order valence-electron chi connectivity index (χ3n) is 5.74. The smallest absolute Gasteiger partial charge is 0.276 e. The molecule has 172 valence electrons. The van der Waals surface area contributed by atoms with Gasteiger partial charge in [-0.15, -0.1) is 0 Å². The van der Waals surface area contributed by atoms with Gasteiger partial charge in [-0.1, -0.05) is 72.8 Å². The normalized spacial score (nSPS) is 13.9. The van der Waals surface area contributed by atoms with Gasteiger partial charge in [-0.2, -0.15) is 0 Å². The summed E-state index contributed by atoms with van der Waals surface area (Å²) in [6.45, 7) is -0.335. The van der Waals surface area contributed by atoms with E-state index in [-0.39, 0.29) is 23.5 Å². The third-order valence-corrected chi connectivity index (χ3v) is 5.74. The zero-order valence-corrected chi connectivity index (χ0v) is 18.9. The minimum atomic E-state index is -0.430. The number of carbonyl (C=O) groups excluding carboxylic acids is 2. The van der Waals surface area contributed by atoms with Gasteiger partial charge in [0.1, 0.15) is 10.7 Å². The number of ether oxygens (including phenoxy) is 1. The molecule has 1 aromatic heterocycles. The molecule has 1 aliphatic rings. The van der Waals surface area contributed by atoms with Crippen molar-refractivity contribution in [2.24, 2.45) is 7.05 Å². The van der Waals surface area contributed by atoms with Crippen LogP contribution in [0.1, 0.15) is 31.8 Å². The fraction of sp³-hybridized carbons (Fsp3) is 0.0714. The fourth-order valence-electron chi connectivity index (χ4n) is 3.89. The third kappa shape index (κ3) is 4.27. The number of aromatic nitrogens is 2. The van der Waals surface area contributed by atoms with E-state index in [1.807, 2.05) is 60.7 Å². The van der Waals surface area contributed by atoms with Crippen molar-refractivity contribution in [3.05, 3.63) is 128 Å². The highest BCUT2D eigenvalue weighted by molar-refractivity contribution is 6.21. The highest BCUT2D eigenvalue weighted by atomic mass is 16.5. The molecule has 0 spiro atoms. The molecule has 2 amide bonds. The number of amides is 2. The summed E-state index contributed by atoms with van der Waals surface area (Å²) in [5.74, 6) is -0.727. The van der Waals surface area contributed by atoms with Gasteiger partial charge >= 0.3 is 0 Å². The van der Waals surface area contributed by atoms with E-state index in [9.17, 15) is 14.4 Å². The summed E-state index contributed by atoms with van der Waals surface area (Å²) < 4.78 is 7.39. The van der Waals surface area contributed by atoms with Crippen molar-refractivity contribution in [1.82, 2.24) is 14.5 Å². The Kier molecular flexibility index (Phi) is 5.81. The van der Waals surface area contributed by atoms with Gasteiger partial charge in [-0.05, 0) is 35.4 Å². The Morgan fingerprint density at radius 3 is 1.83 bits per heavy atom. The van der Waals surface area contributed by atoms with Gasteiger partial charge in [-0.3, -0.25) is 14.4 Å². The van der Waals surface area contributed by atoms with E-state index < -0.39 is 11.8 Å². The van der Waals surface area contributed by atoms with E-state index in [0.717, 1.165) is 16.0 Å². The average molecular weight is 463 g/mol. The first kappa shape index (κ1) is 22.0. The first-order valence-corrected chi connectivity index (χ1v) is 11.0. The van der Waals surface area contributed by atoms with Crippen molar-refractivity contribution >= 4 is 24.0 Å². The molecular formula is C28H21N3O4. The maximum Gasteiger partial charge on any atom is 0.276 e. The predicted molar refractivity (Wildman–Crippen MR) is 131 cm³/mol. The van der Waals surface area contributed by atoms with Crippen molar-refractivity contribution < 1.29 is 14.3 Å². The van der Waals surface area contributed by atoms with Crippen molar-refractivity contribution in [1.29, 1.82) is 0 Å². The molecule has 1 aliphatic heterocycles. The molecule has 5 rings (SSSR count). The summed E-state index contributed by atoms with van der Waals surface area (Å²) in [6, 6.07) is 25.4. The van der Waals surface area contributed by atoms with E-state index in [0.29, 0.717) is 16.5 Å². The monoisotopic (exact) mass is 463 g/mol. The van der Waals surface area contributed by atoms with Crippen LogP contribution in [0.5, 0.6) is 5.88 Å². The van der Waals surface area contributed by atoms with Crippen LogP contribution in [-0.2, 0) is 7.05 Å². The summed E-state index contributed by atoms with van der Waals surface area (Å²) in [6.07, 6.45) is 3.45. The average Bonchev–Trinajstić information content (AvgIpc) is 3.13. The minimum Gasteiger partial charge on any atom is -0.454 e. The van der Waals surface area contributed by atoms with Crippen LogP contribution in [0.4, 0.5) is 0 Å². The molecule has 0 N–H and O–H groups in total. The second-order valence-corrected chi connectivity index (χ2v) is 8.02. The van der Waals surface area contributed by atoms with Crippen LogP contribution >= 0.6 is 0 Å². The number of hydrogen-bond acceptors (Lipinski definition) is 5. The Morgan fingerprint density at radius 1 is 0.743 bits per heavy atom. The van der Waals surface area contributed by atoms with Crippen LogP contribution in [0.3, 0.4) is 0 Å². The van der Waals surface area contributed by atoms with Crippen molar-refractivity contribution in [3.63, 3.8) is 0 Å². The second kappa shape index (κ2) is 9.23. The topological polar surface area (TPSA) is 81.5 Å². The lowest BCUT2D eigenvalue weighted by molar-refractivity contribution is 0.0514. The minimum absolute atomic E-state index is 0.134. The van der Waals surface area contributed by atoms with Gasteiger partial charge in [0.2, 0.25) is 5.88 Å². The first-order chi connectivity index (χ1) is 17.0. The molecule has 7 nitrogen and oxygen atoms in total. The molecule has 0 fully saturated rings. The molecule has 0 unspecified atom stereocenters. The Bertz CT molecular complexity index is 1580. The van der Waals surface area contributed by atoms with Crippen LogP contribution in [0.25, 0.3) is 12.2 Å². The molecule has 0 aliphatic carbocycles. The molecule has 2 heterocycles. The summed E-state index contributed by atoms with van der Waals surface area (Å²) in [4.78, 5) is 44.2. The van der Waals surface area contributed by atoms with E-state index >= 15 is 0 Å². The van der Waals surface area contributed by atoms with Gasteiger partial charge in [0.05, 0.1) is 11.1 Å². The van der Waals surface area contributed by atoms with E-state index in [2.05, 4.69) is 4.98 Å². The molecule has 0 saturated carbocycles. The zero-order chi connectivity index (χ0) is 24.4. The van der Waals surface area contributed by atoms with Gasteiger partial charge < -0.3 is 9.30 Å². The van der Waals surface area contributed by atoms with Crippen molar-refractivity contribution in [2.75, 3.05) is 6.73 Å². The molecular weight excluding hydrogens is 442 g/mol. The number of hydrogen-bond donors (Lipinski definition) is 0. The number of benzene rings is 3. The van der Waals surface area contributed by atoms with Crippen molar-refractivity contribution in [3.8, 4) is 5.88 Å². The SMILES string of the molecule is Cn1c(=Cc2ccccc2)c(OCN2C(=O)c3ccccc3C2=O)nc(=Cc2ccccc2)c1=O. The summed E-state index contributed by atoms with van der Waals surface area (Å²) in [5.41, 5.74) is 2.02. The molecule has 0 radical (unpaired) electrons. The maximum absolute atomic E-state index is 13.1. The number of fused-ring (bicyclic) bond motifs is 1. The Hall–Kier alpha value is -4.78. The Morgan fingerprint density at radius 2 is 1.26 bits per heavy atom. The highest BCUT2D eigenvalue weighted by Gasteiger charge is 2.35. The standard InChI is InChI=1S/C28H21N3O4/c1-30-24(17-20-12-6-3-7-13-20)25(29-23(28(30)34)16-19-10-4-2-5-11-19)35-18-31-26(32)21-14-8-9-15-22(21)27(31)33/h2-17H,18H2,1H3. The fourth-order valence-corrected chi connectivity index (χ4v) is 3.89. The molecule has 0 atom stereocenters. The molecule has 35 heavy (non-hydrogen) atoms. The van der Waals surface area contributed by atoms with Gasteiger partial charge in [0.15, 0.2) is 6.73 Å². The second-order valence-electron chi connectivity index (χ2n) is 8.02. The molecule has 3 aromatic carbocycles. The lowest BCUT2D eigenvalue weighted by Crippen LogP contribution is -2.45. The Balaban J connectivity index is 1.59. The van der Waals surface area contributed by atoms with Crippen LogP contribution in [0, 0.1) is 0 Å². The first-order valence-electron chi connectivity index (χ1n) is 11.0. The van der Waals surface area contributed by atoms with Gasteiger partial charge in [0, 0.05) is 7.05 Å². The van der Waals surface area contributed by atoms with Crippen molar-refractivity contribution in [2.45, 2.75) is 0 Å². The van der Waals surface area contributed by atoms with E-state index in [4.69, 9.17) is 4.74 Å². The van der Waals surface area contributed by atoms with Crippen LogP contribution < -0.4 is 21.0 Å². The molecule has 7 heteroatoms. The number of rotatable bonds is 5. The summed E-state index contributed by atoms with van der Waals surface area (Å²) in [7, 11) is 1.63. The lowest BCUT2D eigenvalue weighted by atomic mass is 10.1. The quantitative estimate of drug-likeness (QED) is 0.424. The van der Waals surface area contributed by atoms with E-state index in [1.165, 1.54) is 4.57 Å². The van der Waals surface area contributed by atoms with E-state index in [1.54, 1.807) is 43.5 Å². The lowest BCUT2D eigenvalue weighted by Gasteiger charge is -2.15. The Labute approximate surface area is 200 Å². The number of carbonyl (C=O) groups is 2. The largest absolute Gasteiger partial charge is 0.454 e. The molecule has 0 bridgehead atoms. The van der Waals surface area contributed by atoms with Gasteiger partial charge in [-0.25, -0.2) is 9.88 Å².